The highest BCUT2D eigenvalue weighted by Gasteiger charge is 2.02. The quantitative estimate of drug-likeness (QED) is 0.732. The Hall–Kier alpha value is -1.39. The van der Waals surface area contributed by atoms with Gasteiger partial charge in [0, 0.05) is 17.1 Å². The van der Waals surface area contributed by atoms with Gasteiger partial charge in [0.1, 0.15) is 18.2 Å². The first kappa shape index (κ1) is 16.0. The van der Waals surface area contributed by atoms with E-state index in [1.165, 1.54) is 17.7 Å². The molecule has 21 heavy (non-hydrogen) atoms. The van der Waals surface area contributed by atoms with Crippen LogP contribution in [-0.2, 0) is 13.2 Å². The van der Waals surface area contributed by atoms with E-state index < -0.39 is 0 Å². The molecule has 0 unspecified atom stereocenters. The number of halogens is 2. The molecule has 0 bridgehead atoms. The molecule has 0 spiro atoms. The third-order valence-corrected chi connectivity index (χ3v) is 3.45. The van der Waals surface area contributed by atoms with Crippen molar-refractivity contribution in [2.24, 2.45) is 0 Å². The van der Waals surface area contributed by atoms with Crippen LogP contribution in [0, 0.1) is 5.82 Å². The lowest BCUT2D eigenvalue weighted by Gasteiger charge is -2.09. The number of benzene rings is 2. The molecule has 112 valence electrons. The van der Waals surface area contributed by atoms with E-state index in [0.29, 0.717) is 16.8 Å². The van der Waals surface area contributed by atoms with Crippen LogP contribution in [0.5, 0.6) is 5.75 Å². The molecule has 0 saturated carbocycles. The smallest absolute Gasteiger partial charge is 0.128 e. The zero-order chi connectivity index (χ0) is 15.1. The van der Waals surface area contributed by atoms with Crippen LogP contribution in [0.1, 0.15) is 24.5 Å². The first-order chi connectivity index (χ1) is 10.2. The second kappa shape index (κ2) is 8.15. The Labute approximate surface area is 133 Å². The third kappa shape index (κ3) is 5.48. The Kier molecular flexibility index (Phi) is 6.21. The largest absolute Gasteiger partial charge is 0.489 e. The van der Waals surface area contributed by atoms with Crippen molar-refractivity contribution < 1.29 is 9.13 Å². The van der Waals surface area contributed by atoms with Crippen LogP contribution in [0.25, 0.3) is 0 Å². The lowest BCUT2D eigenvalue weighted by atomic mass is 10.1. The fourth-order valence-electron chi connectivity index (χ4n) is 2.02. The van der Waals surface area contributed by atoms with Gasteiger partial charge in [-0.3, -0.25) is 0 Å². The summed E-state index contributed by atoms with van der Waals surface area (Å²) in [4.78, 5) is 0. The number of hydrogen-bond acceptors (Lipinski definition) is 2. The molecule has 1 N–H and O–H groups in total. The van der Waals surface area contributed by atoms with Gasteiger partial charge in [-0.2, -0.15) is 0 Å². The van der Waals surface area contributed by atoms with Gasteiger partial charge >= 0.3 is 0 Å². The highest BCUT2D eigenvalue weighted by atomic mass is 79.9. The summed E-state index contributed by atoms with van der Waals surface area (Å²) in [5.41, 5.74) is 2.30. The van der Waals surface area contributed by atoms with Crippen LogP contribution in [0.3, 0.4) is 0 Å². The lowest BCUT2D eigenvalue weighted by Crippen LogP contribution is -2.13. The zero-order valence-electron chi connectivity index (χ0n) is 12.0. The van der Waals surface area contributed by atoms with Gasteiger partial charge in [0.25, 0.3) is 0 Å². The minimum atomic E-state index is -0.308. The van der Waals surface area contributed by atoms with E-state index in [2.05, 4.69) is 40.3 Å². The molecule has 0 amide bonds. The Balaban J connectivity index is 1.94. The van der Waals surface area contributed by atoms with E-state index in [4.69, 9.17) is 4.74 Å². The van der Waals surface area contributed by atoms with Crippen molar-refractivity contribution in [3.05, 3.63) is 63.9 Å². The predicted octanol–water partition coefficient (Wildman–Crippen LogP) is 4.67. The highest BCUT2D eigenvalue weighted by molar-refractivity contribution is 9.10. The lowest BCUT2D eigenvalue weighted by molar-refractivity contribution is 0.304. The molecular weight excluding hydrogens is 333 g/mol. The molecule has 0 saturated heterocycles. The van der Waals surface area contributed by atoms with Gasteiger partial charge in [0.2, 0.25) is 0 Å². The summed E-state index contributed by atoms with van der Waals surface area (Å²) < 4.78 is 19.6. The molecule has 2 nitrogen and oxygen atoms in total. The standard InChI is InChI=1S/C17H19BrFNO/c1-2-6-20-11-13-4-3-5-14(7-13)12-21-17-9-15(18)8-16(19)10-17/h3-5,7-10,20H,2,6,11-12H2,1H3. The van der Waals surface area contributed by atoms with Gasteiger partial charge in [-0.1, -0.05) is 47.1 Å². The van der Waals surface area contributed by atoms with Crippen molar-refractivity contribution in [2.75, 3.05) is 6.54 Å². The Bertz CT molecular complexity index is 569. The van der Waals surface area contributed by atoms with Gasteiger partial charge in [-0.15, -0.1) is 0 Å². The van der Waals surface area contributed by atoms with Gasteiger partial charge < -0.3 is 10.1 Å². The summed E-state index contributed by atoms with van der Waals surface area (Å²) in [5, 5.41) is 3.37. The van der Waals surface area contributed by atoms with E-state index >= 15 is 0 Å². The number of hydrogen-bond donors (Lipinski definition) is 1. The number of ether oxygens (including phenoxy) is 1. The second-order valence-electron chi connectivity index (χ2n) is 4.89. The minimum Gasteiger partial charge on any atom is -0.489 e. The second-order valence-corrected chi connectivity index (χ2v) is 5.81. The fourth-order valence-corrected chi connectivity index (χ4v) is 2.46. The van der Waals surface area contributed by atoms with Crippen molar-refractivity contribution >= 4 is 15.9 Å². The number of nitrogens with one attached hydrogen (secondary N) is 1. The summed E-state index contributed by atoms with van der Waals surface area (Å²) in [5.74, 6) is 0.216. The van der Waals surface area contributed by atoms with Crippen molar-refractivity contribution in [3.63, 3.8) is 0 Å². The van der Waals surface area contributed by atoms with Crippen LogP contribution in [0.2, 0.25) is 0 Å². The zero-order valence-corrected chi connectivity index (χ0v) is 13.6. The molecule has 0 aliphatic carbocycles. The molecule has 0 aromatic heterocycles. The summed E-state index contributed by atoms with van der Waals surface area (Å²) in [6.45, 7) is 4.44. The van der Waals surface area contributed by atoms with E-state index in [9.17, 15) is 4.39 Å². The van der Waals surface area contributed by atoms with Crippen molar-refractivity contribution in [1.29, 1.82) is 0 Å². The Morgan fingerprint density at radius 2 is 1.95 bits per heavy atom. The molecular formula is C17H19BrFNO. The van der Waals surface area contributed by atoms with Crippen LogP contribution < -0.4 is 10.1 Å². The first-order valence-corrected chi connectivity index (χ1v) is 7.84. The van der Waals surface area contributed by atoms with E-state index in [0.717, 1.165) is 25.1 Å². The first-order valence-electron chi connectivity index (χ1n) is 7.05. The van der Waals surface area contributed by atoms with E-state index in [1.807, 2.05) is 12.1 Å². The van der Waals surface area contributed by atoms with Gasteiger partial charge in [-0.05, 0) is 36.2 Å². The normalized spacial score (nSPS) is 10.6. The summed E-state index contributed by atoms with van der Waals surface area (Å²) >= 11 is 3.26. The molecule has 4 heteroatoms. The Morgan fingerprint density at radius 3 is 2.71 bits per heavy atom. The maximum Gasteiger partial charge on any atom is 0.128 e. The van der Waals surface area contributed by atoms with Crippen molar-refractivity contribution in [1.82, 2.24) is 5.32 Å². The summed E-state index contributed by atoms with van der Waals surface area (Å²) in [6, 6.07) is 12.8. The topological polar surface area (TPSA) is 21.3 Å². The minimum absolute atomic E-state index is 0.308. The summed E-state index contributed by atoms with van der Waals surface area (Å²) in [7, 11) is 0. The van der Waals surface area contributed by atoms with E-state index in [-0.39, 0.29) is 5.82 Å². The van der Waals surface area contributed by atoms with Crippen LogP contribution in [0.15, 0.2) is 46.9 Å². The average molecular weight is 352 g/mol. The monoisotopic (exact) mass is 351 g/mol. The molecule has 0 fully saturated rings. The SMILES string of the molecule is CCCNCc1cccc(COc2cc(F)cc(Br)c2)c1. The van der Waals surface area contributed by atoms with Crippen molar-refractivity contribution in [3.8, 4) is 5.75 Å². The summed E-state index contributed by atoms with van der Waals surface area (Å²) in [6.07, 6.45) is 1.12. The molecule has 0 atom stereocenters. The number of rotatable bonds is 7. The van der Waals surface area contributed by atoms with Crippen LogP contribution >= 0.6 is 15.9 Å². The van der Waals surface area contributed by atoms with Crippen LogP contribution in [-0.4, -0.2) is 6.54 Å². The van der Waals surface area contributed by atoms with Gasteiger partial charge in [0.05, 0.1) is 0 Å². The molecule has 2 rings (SSSR count). The highest BCUT2D eigenvalue weighted by Crippen LogP contribution is 2.21. The predicted molar refractivity (Wildman–Crippen MR) is 86.9 cm³/mol. The molecule has 0 aliphatic heterocycles. The maximum absolute atomic E-state index is 13.3. The van der Waals surface area contributed by atoms with Gasteiger partial charge in [0.15, 0.2) is 0 Å². The molecule has 0 aliphatic rings. The molecule has 2 aromatic carbocycles. The van der Waals surface area contributed by atoms with Crippen LogP contribution in [0.4, 0.5) is 4.39 Å². The average Bonchev–Trinajstić information content (AvgIpc) is 2.45. The Morgan fingerprint density at radius 1 is 1.14 bits per heavy atom. The van der Waals surface area contributed by atoms with Gasteiger partial charge in [-0.25, -0.2) is 4.39 Å². The third-order valence-electron chi connectivity index (χ3n) is 2.99. The van der Waals surface area contributed by atoms with E-state index in [1.54, 1.807) is 6.07 Å². The molecule has 0 radical (unpaired) electrons. The van der Waals surface area contributed by atoms with Crippen molar-refractivity contribution in [2.45, 2.75) is 26.5 Å². The molecule has 0 heterocycles. The molecule has 2 aromatic rings. The maximum atomic E-state index is 13.3. The fraction of sp³-hybridized carbons (Fsp3) is 0.294.